The van der Waals surface area contributed by atoms with E-state index in [1.807, 2.05) is 6.08 Å². The van der Waals surface area contributed by atoms with Gasteiger partial charge in [-0.2, -0.15) is 0 Å². The van der Waals surface area contributed by atoms with Crippen LogP contribution in [0.15, 0.2) is 11.6 Å². The second-order valence-corrected chi connectivity index (χ2v) is 6.97. The Hall–Kier alpha value is -0.830. The van der Waals surface area contributed by atoms with Gasteiger partial charge in [0.2, 0.25) is 0 Å². The zero-order valence-electron chi connectivity index (χ0n) is 11.6. The lowest BCUT2D eigenvalue weighted by atomic mass is 9.60. The van der Waals surface area contributed by atoms with Crippen LogP contribution in [0.5, 0.6) is 0 Å². The van der Waals surface area contributed by atoms with E-state index in [0.717, 1.165) is 12.8 Å². The first-order valence-corrected chi connectivity index (χ1v) is 6.88. The minimum atomic E-state index is -1.07. The molecule has 2 fully saturated rings. The van der Waals surface area contributed by atoms with Crippen molar-refractivity contribution in [1.29, 1.82) is 0 Å². The van der Waals surface area contributed by atoms with Crippen LogP contribution in [0.1, 0.15) is 47.0 Å². The van der Waals surface area contributed by atoms with Crippen LogP contribution in [0.25, 0.3) is 0 Å². The molecule has 3 rings (SSSR count). The zero-order chi connectivity index (χ0) is 13.3. The first kappa shape index (κ1) is 12.2. The quantitative estimate of drug-likeness (QED) is 0.574. The van der Waals surface area contributed by atoms with Gasteiger partial charge in [-0.25, -0.2) is 0 Å². The first-order chi connectivity index (χ1) is 8.23. The Morgan fingerprint density at radius 2 is 2.11 bits per heavy atom. The molecule has 0 aromatic heterocycles. The standard InChI is InChI=1S/C15H22O3/c1-9-7-14(13(3,4)17)8-15(18-12(14)16)10(2)5-6-11(9)15/h7,10-11,17H,5-6,8H2,1-4H3/t10-,11-,14-,15-/m0/s1. The molecule has 0 amide bonds. The molecule has 3 heteroatoms. The van der Waals surface area contributed by atoms with E-state index in [1.165, 1.54) is 5.57 Å². The van der Waals surface area contributed by atoms with Gasteiger partial charge < -0.3 is 9.84 Å². The van der Waals surface area contributed by atoms with Crippen LogP contribution in [0, 0.1) is 17.3 Å². The molecule has 0 radical (unpaired) electrons. The van der Waals surface area contributed by atoms with Gasteiger partial charge in [0, 0.05) is 12.3 Å². The summed E-state index contributed by atoms with van der Waals surface area (Å²) in [6.45, 7) is 7.69. The molecule has 4 atom stereocenters. The van der Waals surface area contributed by atoms with Crippen LogP contribution in [0.2, 0.25) is 0 Å². The minimum absolute atomic E-state index is 0.231. The van der Waals surface area contributed by atoms with E-state index >= 15 is 0 Å². The summed E-state index contributed by atoms with van der Waals surface area (Å²) in [7, 11) is 0. The van der Waals surface area contributed by atoms with E-state index in [1.54, 1.807) is 13.8 Å². The molecule has 1 spiro atoms. The topological polar surface area (TPSA) is 46.5 Å². The van der Waals surface area contributed by atoms with Gasteiger partial charge in [-0.15, -0.1) is 0 Å². The molecule has 2 aliphatic carbocycles. The fraction of sp³-hybridized carbons (Fsp3) is 0.800. The highest BCUT2D eigenvalue weighted by Gasteiger charge is 2.69. The van der Waals surface area contributed by atoms with Crippen LogP contribution in [0.4, 0.5) is 0 Å². The van der Waals surface area contributed by atoms with Crippen LogP contribution in [-0.2, 0) is 9.53 Å². The van der Waals surface area contributed by atoms with Crippen LogP contribution < -0.4 is 0 Å². The van der Waals surface area contributed by atoms with Gasteiger partial charge >= 0.3 is 5.97 Å². The number of carbonyl (C=O) groups is 1. The molecule has 100 valence electrons. The summed E-state index contributed by atoms with van der Waals surface area (Å²) in [4.78, 5) is 12.4. The van der Waals surface area contributed by atoms with Gasteiger partial charge in [0.15, 0.2) is 0 Å². The Morgan fingerprint density at radius 1 is 1.44 bits per heavy atom. The molecule has 0 unspecified atom stereocenters. The van der Waals surface area contributed by atoms with Gasteiger partial charge in [0.05, 0.1) is 5.60 Å². The predicted octanol–water partition coefficient (Wildman–Crippen LogP) is 2.44. The minimum Gasteiger partial charge on any atom is -0.457 e. The molecule has 2 bridgehead atoms. The van der Waals surface area contributed by atoms with Gasteiger partial charge in [-0.1, -0.05) is 18.6 Å². The van der Waals surface area contributed by atoms with E-state index in [-0.39, 0.29) is 11.6 Å². The lowest BCUT2D eigenvalue weighted by Gasteiger charge is -2.42. The summed E-state index contributed by atoms with van der Waals surface area (Å²) < 4.78 is 5.86. The van der Waals surface area contributed by atoms with E-state index in [9.17, 15) is 9.90 Å². The smallest absolute Gasteiger partial charge is 0.319 e. The number of aliphatic hydroxyl groups is 1. The van der Waals surface area contributed by atoms with Gasteiger partial charge in [0.25, 0.3) is 0 Å². The number of hydrogen-bond acceptors (Lipinski definition) is 3. The average molecular weight is 250 g/mol. The second-order valence-electron chi connectivity index (χ2n) is 6.97. The van der Waals surface area contributed by atoms with Gasteiger partial charge in [0.1, 0.15) is 11.0 Å². The fourth-order valence-corrected chi connectivity index (χ4v) is 4.38. The van der Waals surface area contributed by atoms with Crippen molar-refractivity contribution in [2.45, 2.75) is 58.2 Å². The third kappa shape index (κ3) is 1.16. The van der Waals surface area contributed by atoms with Gasteiger partial charge in [-0.05, 0) is 39.5 Å². The summed E-state index contributed by atoms with van der Waals surface area (Å²) in [6.07, 6.45) is 4.83. The summed E-state index contributed by atoms with van der Waals surface area (Å²) >= 11 is 0. The molecule has 18 heavy (non-hydrogen) atoms. The first-order valence-electron chi connectivity index (χ1n) is 6.88. The van der Waals surface area contributed by atoms with Crippen molar-refractivity contribution in [3.05, 3.63) is 11.6 Å². The van der Waals surface area contributed by atoms with Crippen molar-refractivity contribution < 1.29 is 14.6 Å². The van der Waals surface area contributed by atoms with Crippen molar-refractivity contribution in [2.24, 2.45) is 17.3 Å². The molecule has 1 saturated heterocycles. The summed E-state index contributed by atoms with van der Waals surface area (Å²) in [6, 6.07) is 0. The number of fused-ring (bicyclic) bond motifs is 1. The summed E-state index contributed by atoms with van der Waals surface area (Å²) in [5, 5.41) is 10.5. The van der Waals surface area contributed by atoms with Crippen molar-refractivity contribution in [1.82, 2.24) is 0 Å². The fourth-order valence-electron chi connectivity index (χ4n) is 4.38. The van der Waals surface area contributed by atoms with Crippen molar-refractivity contribution >= 4 is 5.97 Å². The monoisotopic (exact) mass is 250 g/mol. The van der Waals surface area contributed by atoms with Crippen LogP contribution in [0.3, 0.4) is 0 Å². The Labute approximate surface area is 108 Å². The Kier molecular flexibility index (Phi) is 2.16. The maximum atomic E-state index is 12.4. The van der Waals surface area contributed by atoms with Crippen LogP contribution >= 0.6 is 0 Å². The molecular weight excluding hydrogens is 228 g/mol. The molecule has 0 aromatic carbocycles. The van der Waals surface area contributed by atoms with E-state index in [2.05, 4.69) is 13.8 Å². The normalized spacial score (nSPS) is 46.7. The van der Waals surface area contributed by atoms with E-state index < -0.39 is 11.0 Å². The molecule has 0 aromatic rings. The molecular formula is C15H22O3. The van der Waals surface area contributed by atoms with Gasteiger partial charge in [-0.3, -0.25) is 4.79 Å². The van der Waals surface area contributed by atoms with Crippen molar-refractivity contribution in [3.8, 4) is 0 Å². The maximum Gasteiger partial charge on any atom is 0.319 e. The van der Waals surface area contributed by atoms with Crippen molar-refractivity contribution in [2.75, 3.05) is 0 Å². The Balaban J connectivity index is 2.19. The number of hydrogen-bond donors (Lipinski definition) is 1. The zero-order valence-corrected chi connectivity index (χ0v) is 11.6. The van der Waals surface area contributed by atoms with E-state index in [0.29, 0.717) is 18.3 Å². The maximum absolute atomic E-state index is 12.4. The third-order valence-electron chi connectivity index (χ3n) is 5.63. The summed E-state index contributed by atoms with van der Waals surface area (Å²) in [5.74, 6) is 0.513. The second kappa shape index (κ2) is 3.19. The number of rotatable bonds is 1. The Morgan fingerprint density at radius 3 is 2.72 bits per heavy atom. The number of ether oxygens (including phenoxy) is 1. The summed E-state index contributed by atoms with van der Waals surface area (Å²) in [5.41, 5.74) is -1.04. The average Bonchev–Trinajstić information content (AvgIpc) is 2.67. The SMILES string of the molecule is CC1=C[C@]2(C(C)(C)O)C[C@]3(OC2=O)[C@@H](C)CC[C@@H]13. The highest BCUT2D eigenvalue weighted by molar-refractivity contribution is 5.85. The van der Waals surface area contributed by atoms with Crippen LogP contribution in [-0.4, -0.2) is 22.3 Å². The molecule has 1 saturated carbocycles. The lowest BCUT2D eigenvalue weighted by molar-refractivity contribution is -0.161. The molecule has 1 N–H and O–H groups in total. The molecule has 1 aliphatic heterocycles. The van der Waals surface area contributed by atoms with Crippen molar-refractivity contribution in [3.63, 3.8) is 0 Å². The highest BCUT2D eigenvalue weighted by Crippen LogP contribution is 2.63. The number of esters is 1. The third-order valence-corrected chi connectivity index (χ3v) is 5.63. The molecule has 3 aliphatic rings. The number of carbonyl (C=O) groups excluding carboxylic acids is 1. The predicted molar refractivity (Wildman–Crippen MR) is 67.8 cm³/mol. The Bertz CT molecular complexity index is 445. The molecule has 1 heterocycles. The lowest BCUT2D eigenvalue weighted by Crippen LogP contribution is -2.49. The van der Waals surface area contributed by atoms with E-state index in [4.69, 9.17) is 4.74 Å². The highest BCUT2D eigenvalue weighted by atomic mass is 16.6. The molecule has 3 nitrogen and oxygen atoms in total. The largest absolute Gasteiger partial charge is 0.457 e.